The fraction of sp³-hybridized carbons (Fsp3) is 0.0500. The van der Waals surface area contributed by atoms with Gasteiger partial charge < -0.3 is 4.74 Å². The summed E-state index contributed by atoms with van der Waals surface area (Å²) >= 11 is 0. The summed E-state index contributed by atoms with van der Waals surface area (Å²) in [6.07, 6.45) is 1.76. The summed E-state index contributed by atoms with van der Waals surface area (Å²) in [4.78, 5) is 15.5. The molecule has 0 N–H and O–H groups in total. The molecule has 0 saturated carbocycles. The molecule has 0 spiro atoms. The van der Waals surface area contributed by atoms with Crippen molar-refractivity contribution in [3.8, 4) is 22.7 Å². The number of pyridine rings is 1. The van der Waals surface area contributed by atoms with Gasteiger partial charge in [-0.15, -0.1) is 0 Å². The van der Waals surface area contributed by atoms with Gasteiger partial charge in [0.05, 0.1) is 5.69 Å². The van der Waals surface area contributed by atoms with Crippen LogP contribution in [0.3, 0.4) is 0 Å². The Balaban J connectivity index is 1.84. The molecule has 0 saturated heterocycles. The maximum atomic E-state index is 11.1. The van der Waals surface area contributed by atoms with E-state index in [4.69, 9.17) is 9.84 Å². The minimum atomic E-state index is -0.337. The number of nitrogens with zero attached hydrogens (tertiary/aromatic N) is 3. The van der Waals surface area contributed by atoms with Crippen molar-refractivity contribution in [1.82, 2.24) is 14.8 Å². The number of carbonyl (C=O) groups excluding carboxylic acids is 1. The molecule has 0 amide bonds. The Morgan fingerprint density at radius 2 is 1.72 bits per heavy atom. The highest BCUT2D eigenvalue weighted by Crippen LogP contribution is 2.29. The van der Waals surface area contributed by atoms with Crippen LogP contribution in [-0.2, 0) is 4.79 Å². The van der Waals surface area contributed by atoms with E-state index >= 15 is 0 Å². The number of ether oxygens (including phenoxy) is 1. The second kappa shape index (κ2) is 6.20. The van der Waals surface area contributed by atoms with Crippen molar-refractivity contribution < 1.29 is 9.53 Å². The Hall–Kier alpha value is -3.47. The summed E-state index contributed by atoms with van der Waals surface area (Å²) in [5, 5.41) is 5.73. The summed E-state index contributed by atoms with van der Waals surface area (Å²) in [5.41, 5.74) is 3.52. The SMILES string of the molecule is CC(=O)Oc1ccc(-c2nn(-c3ccccc3)c3ncccc23)cc1. The van der Waals surface area contributed by atoms with E-state index < -0.39 is 0 Å². The molecule has 5 nitrogen and oxygen atoms in total. The standard InChI is InChI=1S/C20H15N3O2/c1-14(24)25-17-11-9-15(10-12-17)19-18-8-5-13-21-20(18)23(22-19)16-6-3-2-4-7-16/h2-13H,1H3. The van der Waals surface area contributed by atoms with Crippen molar-refractivity contribution in [3.05, 3.63) is 72.9 Å². The lowest BCUT2D eigenvalue weighted by molar-refractivity contribution is -0.131. The van der Waals surface area contributed by atoms with Crippen molar-refractivity contribution in [2.24, 2.45) is 0 Å². The van der Waals surface area contributed by atoms with Crippen LogP contribution in [0.15, 0.2) is 72.9 Å². The normalized spacial score (nSPS) is 10.8. The van der Waals surface area contributed by atoms with Crippen LogP contribution in [0, 0.1) is 0 Å². The molecular weight excluding hydrogens is 314 g/mol. The zero-order valence-electron chi connectivity index (χ0n) is 13.6. The molecule has 0 aliphatic carbocycles. The van der Waals surface area contributed by atoms with E-state index in [0.717, 1.165) is 28.0 Å². The first-order valence-electron chi connectivity index (χ1n) is 7.90. The molecular formula is C20H15N3O2. The minimum Gasteiger partial charge on any atom is -0.427 e. The van der Waals surface area contributed by atoms with Gasteiger partial charge in [-0.05, 0) is 48.5 Å². The second-order valence-corrected chi connectivity index (χ2v) is 5.59. The molecule has 0 atom stereocenters. The zero-order valence-corrected chi connectivity index (χ0v) is 13.6. The number of rotatable bonds is 3. The summed E-state index contributed by atoms with van der Waals surface area (Å²) in [5.74, 6) is 0.178. The quantitative estimate of drug-likeness (QED) is 0.421. The van der Waals surface area contributed by atoms with Crippen molar-refractivity contribution >= 4 is 17.0 Å². The van der Waals surface area contributed by atoms with Crippen LogP contribution in [0.2, 0.25) is 0 Å². The monoisotopic (exact) mass is 329 g/mol. The van der Waals surface area contributed by atoms with Gasteiger partial charge in [0.1, 0.15) is 11.4 Å². The fourth-order valence-corrected chi connectivity index (χ4v) is 2.76. The molecule has 0 unspecified atom stereocenters. The number of hydrogen-bond acceptors (Lipinski definition) is 4. The molecule has 0 bridgehead atoms. The predicted molar refractivity (Wildman–Crippen MR) is 95.6 cm³/mol. The first-order valence-corrected chi connectivity index (χ1v) is 7.90. The van der Waals surface area contributed by atoms with Gasteiger partial charge in [0, 0.05) is 24.1 Å². The highest BCUT2D eigenvalue weighted by Gasteiger charge is 2.14. The molecule has 4 aromatic rings. The van der Waals surface area contributed by atoms with Crippen LogP contribution >= 0.6 is 0 Å². The number of para-hydroxylation sites is 1. The largest absolute Gasteiger partial charge is 0.427 e. The average Bonchev–Trinajstić information content (AvgIpc) is 3.02. The number of carbonyl (C=O) groups is 1. The number of aromatic nitrogens is 3. The number of esters is 1. The van der Waals surface area contributed by atoms with E-state index in [1.54, 1.807) is 18.3 Å². The Kier molecular flexibility index (Phi) is 3.74. The van der Waals surface area contributed by atoms with Crippen LogP contribution in [0.5, 0.6) is 5.75 Å². The molecule has 25 heavy (non-hydrogen) atoms. The van der Waals surface area contributed by atoms with E-state index in [2.05, 4.69) is 4.98 Å². The summed E-state index contributed by atoms with van der Waals surface area (Å²) in [6, 6.07) is 21.1. The van der Waals surface area contributed by atoms with Gasteiger partial charge in [0.2, 0.25) is 0 Å². The Morgan fingerprint density at radius 3 is 2.44 bits per heavy atom. The van der Waals surface area contributed by atoms with E-state index in [-0.39, 0.29) is 5.97 Å². The first-order chi connectivity index (χ1) is 12.2. The minimum absolute atomic E-state index is 0.337. The smallest absolute Gasteiger partial charge is 0.308 e. The van der Waals surface area contributed by atoms with Crippen molar-refractivity contribution in [2.45, 2.75) is 6.92 Å². The van der Waals surface area contributed by atoms with Gasteiger partial charge >= 0.3 is 5.97 Å². The molecule has 0 fully saturated rings. The lowest BCUT2D eigenvalue weighted by atomic mass is 10.1. The molecule has 2 heterocycles. The lowest BCUT2D eigenvalue weighted by Gasteiger charge is -2.02. The predicted octanol–water partition coefficient (Wildman–Crippen LogP) is 4.01. The maximum Gasteiger partial charge on any atom is 0.308 e. The number of fused-ring (bicyclic) bond motifs is 1. The fourth-order valence-electron chi connectivity index (χ4n) is 2.76. The summed E-state index contributed by atoms with van der Waals surface area (Å²) in [6.45, 7) is 1.38. The molecule has 2 aromatic carbocycles. The first kappa shape index (κ1) is 15.1. The van der Waals surface area contributed by atoms with Gasteiger partial charge in [-0.25, -0.2) is 9.67 Å². The van der Waals surface area contributed by atoms with Crippen LogP contribution in [-0.4, -0.2) is 20.7 Å². The van der Waals surface area contributed by atoms with Gasteiger partial charge in [-0.1, -0.05) is 18.2 Å². The number of benzene rings is 2. The molecule has 122 valence electrons. The highest BCUT2D eigenvalue weighted by atomic mass is 16.5. The van der Waals surface area contributed by atoms with Crippen molar-refractivity contribution in [1.29, 1.82) is 0 Å². The Labute approximate surface area is 144 Å². The van der Waals surface area contributed by atoms with E-state index in [9.17, 15) is 4.79 Å². The van der Waals surface area contributed by atoms with Gasteiger partial charge in [-0.3, -0.25) is 4.79 Å². The van der Waals surface area contributed by atoms with E-state index in [1.165, 1.54) is 6.92 Å². The molecule has 5 heteroatoms. The molecule has 0 aliphatic rings. The third-order valence-corrected chi connectivity index (χ3v) is 3.83. The zero-order chi connectivity index (χ0) is 17.2. The van der Waals surface area contributed by atoms with Gasteiger partial charge in [0.15, 0.2) is 5.65 Å². The molecule has 0 aliphatic heterocycles. The average molecular weight is 329 g/mol. The highest BCUT2D eigenvalue weighted by molar-refractivity contribution is 5.92. The Morgan fingerprint density at radius 1 is 0.960 bits per heavy atom. The van der Waals surface area contributed by atoms with Gasteiger partial charge in [0.25, 0.3) is 0 Å². The Bertz CT molecular complexity index is 1040. The maximum absolute atomic E-state index is 11.1. The summed E-state index contributed by atoms with van der Waals surface area (Å²) in [7, 11) is 0. The topological polar surface area (TPSA) is 57.0 Å². The van der Waals surface area contributed by atoms with Crippen LogP contribution in [0.4, 0.5) is 0 Å². The van der Waals surface area contributed by atoms with Crippen molar-refractivity contribution in [3.63, 3.8) is 0 Å². The molecule has 0 radical (unpaired) electrons. The van der Waals surface area contributed by atoms with Crippen LogP contribution in [0.25, 0.3) is 28.0 Å². The van der Waals surface area contributed by atoms with Crippen molar-refractivity contribution in [2.75, 3.05) is 0 Å². The van der Waals surface area contributed by atoms with Crippen LogP contribution < -0.4 is 4.74 Å². The summed E-state index contributed by atoms with van der Waals surface area (Å²) < 4.78 is 6.93. The number of hydrogen-bond donors (Lipinski definition) is 0. The molecule has 4 rings (SSSR count). The third-order valence-electron chi connectivity index (χ3n) is 3.83. The third kappa shape index (κ3) is 2.87. The van der Waals surface area contributed by atoms with E-state index in [0.29, 0.717) is 5.75 Å². The molecule has 2 aromatic heterocycles. The lowest BCUT2D eigenvalue weighted by Crippen LogP contribution is -2.00. The van der Waals surface area contributed by atoms with E-state index in [1.807, 2.05) is 59.3 Å². The van der Waals surface area contributed by atoms with Crippen LogP contribution in [0.1, 0.15) is 6.92 Å². The van der Waals surface area contributed by atoms with Gasteiger partial charge in [-0.2, -0.15) is 5.10 Å². The second-order valence-electron chi connectivity index (χ2n) is 5.59.